The van der Waals surface area contributed by atoms with Crippen LogP contribution in [0.1, 0.15) is 48.7 Å². The van der Waals surface area contributed by atoms with Gasteiger partial charge in [-0.05, 0) is 45.2 Å². The largest absolute Gasteiger partial charge is 0.392 e. The summed E-state index contributed by atoms with van der Waals surface area (Å²) in [4.78, 5) is 12.1. The maximum atomic E-state index is 9.80. The highest BCUT2D eigenvalue weighted by Crippen LogP contribution is 2.39. The van der Waals surface area contributed by atoms with Crippen molar-refractivity contribution in [2.45, 2.75) is 50.5 Å². The summed E-state index contributed by atoms with van der Waals surface area (Å²) >= 11 is 0. The van der Waals surface area contributed by atoms with Gasteiger partial charge >= 0.3 is 0 Å². The van der Waals surface area contributed by atoms with Crippen LogP contribution in [0, 0.1) is 0 Å². The predicted octanol–water partition coefficient (Wildman–Crippen LogP) is 0.911. The van der Waals surface area contributed by atoms with E-state index < -0.39 is 0 Å². The van der Waals surface area contributed by atoms with Crippen LogP contribution in [0.2, 0.25) is 0 Å². The third-order valence-corrected chi connectivity index (χ3v) is 5.34. The van der Waals surface area contributed by atoms with Gasteiger partial charge in [0.05, 0.1) is 11.8 Å². The van der Waals surface area contributed by atoms with Crippen molar-refractivity contribution in [1.82, 2.24) is 20.2 Å². The third kappa shape index (κ3) is 3.87. The number of piperidine rings is 1. The number of aliphatic hydroxyl groups excluding tert-OH is 1. The summed E-state index contributed by atoms with van der Waals surface area (Å²) in [6.45, 7) is 5.77. The minimum absolute atomic E-state index is 0.151. The molecule has 24 heavy (non-hydrogen) atoms. The number of β-amino-alcohol motifs (C(OH)–C–C–N with tert-alkyl or cyclic N) is 1. The monoisotopic (exact) mass is 331 g/mol. The Labute approximate surface area is 144 Å². The van der Waals surface area contributed by atoms with E-state index in [1.165, 1.54) is 24.1 Å². The van der Waals surface area contributed by atoms with Crippen LogP contribution >= 0.6 is 0 Å². The van der Waals surface area contributed by atoms with Crippen LogP contribution in [-0.2, 0) is 12.8 Å². The standard InChI is InChI=1S/C18H29N5O/c24-14-2-1-10-23(12-14)11-9-20-18-15-5-7-19-8-6-16(15)21-17(22-18)13-3-4-13/h13-14,19,24H,1-12H2,(H,20,21,22). The van der Waals surface area contributed by atoms with Crippen molar-refractivity contribution in [3.05, 3.63) is 17.1 Å². The molecular weight excluding hydrogens is 302 g/mol. The van der Waals surface area contributed by atoms with Crippen LogP contribution in [0.5, 0.6) is 0 Å². The second-order valence-corrected chi connectivity index (χ2v) is 7.40. The van der Waals surface area contributed by atoms with Gasteiger partial charge in [0.25, 0.3) is 0 Å². The fourth-order valence-electron chi connectivity index (χ4n) is 3.80. The maximum absolute atomic E-state index is 9.80. The van der Waals surface area contributed by atoms with E-state index in [9.17, 15) is 5.11 Å². The van der Waals surface area contributed by atoms with Crippen LogP contribution in [0.25, 0.3) is 0 Å². The second kappa shape index (κ2) is 7.33. The van der Waals surface area contributed by atoms with Crippen molar-refractivity contribution in [3.63, 3.8) is 0 Å². The lowest BCUT2D eigenvalue weighted by molar-refractivity contribution is 0.0730. The molecule has 6 heteroatoms. The summed E-state index contributed by atoms with van der Waals surface area (Å²) < 4.78 is 0. The predicted molar refractivity (Wildman–Crippen MR) is 94.5 cm³/mol. The SMILES string of the molecule is OC1CCCN(CCNc2nc(C3CC3)nc3c2CCNCC3)C1. The molecular formula is C18H29N5O. The summed E-state index contributed by atoms with van der Waals surface area (Å²) in [5, 5.41) is 16.9. The van der Waals surface area contributed by atoms with Gasteiger partial charge in [0.2, 0.25) is 0 Å². The lowest BCUT2D eigenvalue weighted by Crippen LogP contribution is -2.40. The van der Waals surface area contributed by atoms with Gasteiger partial charge in [0.15, 0.2) is 0 Å². The van der Waals surface area contributed by atoms with E-state index in [0.29, 0.717) is 5.92 Å². The molecule has 0 spiro atoms. The molecule has 3 N–H and O–H groups in total. The number of fused-ring (bicyclic) bond motifs is 1. The van der Waals surface area contributed by atoms with Gasteiger partial charge in [0, 0.05) is 44.1 Å². The first-order valence-corrected chi connectivity index (χ1v) is 9.54. The zero-order valence-corrected chi connectivity index (χ0v) is 14.4. The van der Waals surface area contributed by atoms with Gasteiger partial charge in [-0.25, -0.2) is 9.97 Å². The molecule has 0 radical (unpaired) electrons. The minimum Gasteiger partial charge on any atom is -0.392 e. The van der Waals surface area contributed by atoms with Gasteiger partial charge in [-0.15, -0.1) is 0 Å². The van der Waals surface area contributed by atoms with Gasteiger partial charge in [-0.1, -0.05) is 0 Å². The number of anilines is 1. The van der Waals surface area contributed by atoms with Crippen molar-refractivity contribution in [2.24, 2.45) is 0 Å². The fourth-order valence-corrected chi connectivity index (χ4v) is 3.80. The number of hydrogen-bond donors (Lipinski definition) is 3. The number of nitrogens with one attached hydrogen (secondary N) is 2. The highest BCUT2D eigenvalue weighted by atomic mass is 16.3. The Bertz CT molecular complexity index is 575. The Morgan fingerprint density at radius 1 is 1.17 bits per heavy atom. The van der Waals surface area contributed by atoms with Crippen molar-refractivity contribution in [1.29, 1.82) is 0 Å². The summed E-state index contributed by atoms with van der Waals surface area (Å²) in [6, 6.07) is 0. The summed E-state index contributed by atoms with van der Waals surface area (Å²) in [7, 11) is 0. The Kier molecular flexibility index (Phi) is 4.96. The molecule has 1 saturated carbocycles. The minimum atomic E-state index is -0.151. The van der Waals surface area contributed by atoms with E-state index in [1.807, 2.05) is 0 Å². The Balaban J connectivity index is 1.44. The molecule has 4 rings (SSSR count). The molecule has 2 aliphatic heterocycles. The number of hydrogen-bond acceptors (Lipinski definition) is 6. The first-order chi connectivity index (χ1) is 11.8. The molecule has 1 unspecified atom stereocenters. The van der Waals surface area contributed by atoms with Crippen molar-refractivity contribution < 1.29 is 5.11 Å². The second-order valence-electron chi connectivity index (χ2n) is 7.40. The lowest BCUT2D eigenvalue weighted by Gasteiger charge is -2.30. The molecule has 3 heterocycles. The molecule has 1 aromatic heterocycles. The number of nitrogens with zero attached hydrogens (tertiary/aromatic N) is 3. The molecule has 1 atom stereocenters. The van der Waals surface area contributed by atoms with E-state index in [4.69, 9.17) is 9.97 Å². The lowest BCUT2D eigenvalue weighted by atomic mass is 10.1. The van der Waals surface area contributed by atoms with Crippen molar-refractivity contribution in [2.75, 3.05) is 44.6 Å². The number of aliphatic hydroxyl groups is 1. The molecule has 0 amide bonds. The van der Waals surface area contributed by atoms with Crippen LogP contribution in [0.15, 0.2) is 0 Å². The summed E-state index contributed by atoms with van der Waals surface area (Å²) in [5.74, 6) is 2.69. The number of aromatic nitrogens is 2. The van der Waals surface area contributed by atoms with Gasteiger partial charge in [-0.2, -0.15) is 0 Å². The van der Waals surface area contributed by atoms with Gasteiger partial charge in [-0.3, -0.25) is 4.90 Å². The number of rotatable bonds is 5. The Morgan fingerprint density at radius 2 is 2.04 bits per heavy atom. The fraction of sp³-hybridized carbons (Fsp3) is 0.778. The van der Waals surface area contributed by atoms with E-state index in [-0.39, 0.29) is 6.10 Å². The molecule has 3 aliphatic rings. The highest BCUT2D eigenvalue weighted by Gasteiger charge is 2.29. The Hall–Kier alpha value is -1.24. The molecule has 1 aliphatic carbocycles. The quantitative estimate of drug-likeness (QED) is 0.745. The molecule has 2 fully saturated rings. The number of likely N-dealkylation sites (tertiary alicyclic amines) is 1. The zero-order valence-electron chi connectivity index (χ0n) is 14.4. The first kappa shape index (κ1) is 16.2. The van der Waals surface area contributed by atoms with Gasteiger partial charge in [0.1, 0.15) is 11.6 Å². The molecule has 6 nitrogen and oxygen atoms in total. The average molecular weight is 331 g/mol. The molecule has 132 valence electrons. The normalized spacial score (nSPS) is 25.1. The molecule has 1 aromatic rings. The van der Waals surface area contributed by atoms with E-state index in [2.05, 4.69) is 15.5 Å². The maximum Gasteiger partial charge on any atom is 0.134 e. The smallest absolute Gasteiger partial charge is 0.134 e. The molecule has 0 aromatic carbocycles. The van der Waals surface area contributed by atoms with Crippen LogP contribution < -0.4 is 10.6 Å². The first-order valence-electron chi connectivity index (χ1n) is 9.54. The average Bonchev–Trinajstić information content (AvgIpc) is 3.41. The Morgan fingerprint density at radius 3 is 2.88 bits per heavy atom. The summed E-state index contributed by atoms with van der Waals surface area (Å²) in [6.07, 6.45) is 6.38. The van der Waals surface area contributed by atoms with Gasteiger partial charge < -0.3 is 15.7 Å². The van der Waals surface area contributed by atoms with Crippen molar-refractivity contribution in [3.8, 4) is 0 Å². The topological polar surface area (TPSA) is 73.3 Å². The third-order valence-electron chi connectivity index (χ3n) is 5.34. The highest BCUT2D eigenvalue weighted by molar-refractivity contribution is 5.48. The van der Waals surface area contributed by atoms with E-state index in [0.717, 1.165) is 76.6 Å². The van der Waals surface area contributed by atoms with Crippen LogP contribution in [-0.4, -0.2) is 65.3 Å². The molecule has 1 saturated heterocycles. The zero-order chi connectivity index (χ0) is 16.4. The van der Waals surface area contributed by atoms with Crippen molar-refractivity contribution >= 4 is 5.82 Å². The molecule has 0 bridgehead atoms. The summed E-state index contributed by atoms with van der Waals surface area (Å²) in [5.41, 5.74) is 2.55. The van der Waals surface area contributed by atoms with E-state index >= 15 is 0 Å². The van der Waals surface area contributed by atoms with E-state index in [1.54, 1.807) is 0 Å². The van der Waals surface area contributed by atoms with Crippen LogP contribution in [0.3, 0.4) is 0 Å². The van der Waals surface area contributed by atoms with Crippen LogP contribution in [0.4, 0.5) is 5.82 Å².